The minimum absolute atomic E-state index is 0.00599. The number of hydrogen-bond acceptors (Lipinski definition) is 6. The van der Waals surface area contributed by atoms with Crippen LogP contribution in [-0.4, -0.2) is 48.2 Å². The van der Waals surface area contributed by atoms with Gasteiger partial charge in [-0.2, -0.15) is 0 Å². The Morgan fingerprint density at radius 2 is 2.20 bits per heavy atom. The number of ether oxygens (including phenoxy) is 2. The monoisotopic (exact) mass is 295 g/mol. The van der Waals surface area contributed by atoms with Crippen molar-refractivity contribution in [2.75, 3.05) is 31.2 Å². The number of aryl methyl sites for hydroxylation is 1. The first kappa shape index (κ1) is 13.0. The molecule has 2 saturated heterocycles. The van der Waals surface area contributed by atoms with Gasteiger partial charge in [0, 0.05) is 19.6 Å². The van der Waals surface area contributed by atoms with E-state index in [1.54, 1.807) is 11.3 Å². The number of anilines is 1. The van der Waals surface area contributed by atoms with Crippen LogP contribution in [0.3, 0.4) is 0 Å². The van der Waals surface area contributed by atoms with Gasteiger partial charge in [0.15, 0.2) is 0 Å². The molecule has 1 aliphatic carbocycles. The van der Waals surface area contributed by atoms with Crippen LogP contribution in [0.15, 0.2) is 0 Å². The van der Waals surface area contributed by atoms with Crippen LogP contribution in [0.5, 0.6) is 0 Å². The first-order chi connectivity index (χ1) is 9.72. The predicted octanol–water partition coefficient (Wildman–Crippen LogP) is 2.01. The maximum atomic E-state index is 6.06. The van der Waals surface area contributed by atoms with Gasteiger partial charge < -0.3 is 14.4 Å². The van der Waals surface area contributed by atoms with Crippen molar-refractivity contribution in [3.8, 4) is 0 Å². The van der Waals surface area contributed by atoms with E-state index in [9.17, 15) is 0 Å². The second-order valence-electron chi connectivity index (χ2n) is 6.38. The van der Waals surface area contributed by atoms with Gasteiger partial charge in [-0.1, -0.05) is 11.3 Å². The van der Waals surface area contributed by atoms with E-state index in [1.165, 1.54) is 12.8 Å². The fourth-order valence-corrected chi connectivity index (χ4v) is 3.79. The molecule has 4 rings (SSSR count). The standard InChI is InChI=1S/C14H21N3O2S/c1-10-15-16-13(20-10)17-8-14(9-17)6-12(4-5-19-14)18-7-11-2-3-11/h11-12H,2-9H2,1H3. The summed E-state index contributed by atoms with van der Waals surface area (Å²) in [6.45, 7) is 5.66. The predicted molar refractivity (Wildman–Crippen MR) is 77.2 cm³/mol. The van der Waals surface area contributed by atoms with Crippen molar-refractivity contribution >= 4 is 16.5 Å². The summed E-state index contributed by atoms with van der Waals surface area (Å²) in [4.78, 5) is 2.27. The van der Waals surface area contributed by atoms with E-state index in [4.69, 9.17) is 9.47 Å². The zero-order valence-electron chi connectivity index (χ0n) is 11.9. The lowest BCUT2D eigenvalue weighted by molar-refractivity contribution is -0.146. The molecule has 6 heteroatoms. The van der Waals surface area contributed by atoms with Crippen LogP contribution < -0.4 is 4.90 Å². The van der Waals surface area contributed by atoms with E-state index in [0.717, 1.165) is 55.2 Å². The summed E-state index contributed by atoms with van der Waals surface area (Å²) >= 11 is 1.66. The van der Waals surface area contributed by atoms with E-state index in [2.05, 4.69) is 15.1 Å². The molecule has 2 aliphatic heterocycles. The quantitative estimate of drug-likeness (QED) is 0.850. The van der Waals surface area contributed by atoms with Crippen LogP contribution in [0.2, 0.25) is 0 Å². The Morgan fingerprint density at radius 1 is 1.35 bits per heavy atom. The lowest BCUT2D eigenvalue weighted by atomic mass is 9.85. The third-order valence-electron chi connectivity index (χ3n) is 4.46. The minimum Gasteiger partial charge on any atom is -0.378 e. The van der Waals surface area contributed by atoms with Gasteiger partial charge >= 0.3 is 0 Å². The smallest absolute Gasteiger partial charge is 0.208 e. The van der Waals surface area contributed by atoms with E-state index in [-0.39, 0.29) is 5.60 Å². The number of aromatic nitrogens is 2. The lowest BCUT2D eigenvalue weighted by Crippen LogP contribution is -2.66. The van der Waals surface area contributed by atoms with Gasteiger partial charge in [0.05, 0.1) is 19.2 Å². The Kier molecular flexibility index (Phi) is 3.20. The molecule has 3 aliphatic rings. The largest absolute Gasteiger partial charge is 0.378 e. The van der Waals surface area contributed by atoms with Gasteiger partial charge in [0.25, 0.3) is 0 Å². The van der Waals surface area contributed by atoms with Gasteiger partial charge in [-0.25, -0.2) is 0 Å². The third kappa shape index (κ3) is 2.56. The maximum Gasteiger partial charge on any atom is 0.208 e. The van der Waals surface area contributed by atoms with E-state index >= 15 is 0 Å². The van der Waals surface area contributed by atoms with Crippen LogP contribution in [0, 0.1) is 12.8 Å². The molecule has 1 unspecified atom stereocenters. The molecule has 3 heterocycles. The third-order valence-corrected chi connectivity index (χ3v) is 5.36. The van der Waals surface area contributed by atoms with Crippen LogP contribution in [0.25, 0.3) is 0 Å². The maximum absolute atomic E-state index is 6.06. The molecule has 1 atom stereocenters. The minimum atomic E-state index is 0.00599. The van der Waals surface area contributed by atoms with Crippen molar-refractivity contribution < 1.29 is 9.47 Å². The summed E-state index contributed by atoms with van der Waals surface area (Å²) < 4.78 is 12.1. The highest BCUT2D eigenvalue weighted by Gasteiger charge is 2.49. The zero-order chi connectivity index (χ0) is 13.6. The highest BCUT2D eigenvalue weighted by molar-refractivity contribution is 7.15. The van der Waals surface area contributed by atoms with Gasteiger partial charge in [-0.05, 0) is 32.1 Å². The zero-order valence-corrected chi connectivity index (χ0v) is 12.7. The highest BCUT2D eigenvalue weighted by Crippen LogP contribution is 2.39. The molecule has 1 saturated carbocycles. The van der Waals surface area contributed by atoms with Gasteiger partial charge in [0.2, 0.25) is 5.13 Å². The van der Waals surface area contributed by atoms with Crippen molar-refractivity contribution in [1.82, 2.24) is 10.2 Å². The number of hydrogen-bond donors (Lipinski definition) is 0. The Morgan fingerprint density at radius 3 is 2.90 bits per heavy atom. The summed E-state index contributed by atoms with van der Waals surface area (Å²) in [6.07, 6.45) is 5.19. The molecule has 1 spiro atoms. The molecule has 0 amide bonds. The first-order valence-corrected chi connectivity index (χ1v) is 8.35. The molecule has 0 N–H and O–H groups in total. The van der Waals surface area contributed by atoms with Crippen LogP contribution in [0.1, 0.15) is 30.7 Å². The summed E-state index contributed by atoms with van der Waals surface area (Å²) in [5.41, 5.74) is 0.00599. The Balaban J connectivity index is 1.32. The molecular formula is C14H21N3O2S. The molecule has 1 aromatic rings. The normalized spacial score (nSPS) is 28.6. The summed E-state index contributed by atoms with van der Waals surface area (Å²) in [5, 5.41) is 10.3. The van der Waals surface area contributed by atoms with E-state index in [1.807, 2.05) is 6.92 Å². The fourth-order valence-electron chi connectivity index (χ4n) is 3.10. The Bertz CT molecular complexity index is 483. The number of rotatable bonds is 4. The van der Waals surface area contributed by atoms with Crippen molar-refractivity contribution in [3.63, 3.8) is 0 Å². The van der Waals surface area contributed by atoms with Crippen molar-refractivity contribution in [1.29, 1.82) is 0 Å². The van der Waals surface area contributed by atoms with Crippen LogP contribution >= 0.6 is 11.3 Å². The first-order valence-electron chi connectivity index (χ1n) is 7.53. The topological polar surface area (TPSA) is 47.5 Å². The van der Waals surface area contributed by atoms with Gasteiger partial charge in [-0.15, -0.1) is 10.2 Å². The molecular weight excluding hydrogens is 274 g/mol. The Hall–Kier alpha value is -0.720. The van der Waals surface area contributed by atoms with E-state index in [0.29, 0.717) is 6.10 Å². The second-order valence-corrected chi connectivity index (χ2v) is 7.54. The van der Waals surface area contributed by atoms with Crippen molar-refractivity contribution in [3.05, 3.63) is 5.01 Å². The highest BCUT2D eigenvalue weighted by atomic mass is 32.1. The van der Waals surface area contributed by atoms with Gasteiger partial charge in [0.1, 0.15) is 10.6 Å². The van der Waals surface area contributed by atoms with Crippen LogP contribution in [-0.2, 0) is 9.47 Å². The summed E-state index contributed by atoms with van der Waals surface area (Å²) in [6, 6.07) is 0. The SMILES string of the molecule is Cc1nnc(N2CC3(CC(OCC4CC4)CCO3)C2)s1. The molecule has 0 aromatic carbocycles. The average Bonchev–Trinajstić information content (AvgIpc) is 3.15. The second kappa shape index (κ2) is 4.93. The van der Waals surface area contributed by atoms with Crippen LogP contribution in [0.4, 0.5) is 5.13 Å². The molecule has 5 nitrogen and oxygen atoms in total. The summed E-state index contributed by atoms with van der Waals surface area (Å²) in [7, 11) is 0. The molecule has 3 fully saturated rings. The lowest BCUT2D eigenvalue weighted by Gasteiger charge is -2.52. The van der Waals surface area contributed by atoms with Gasteiger partial charge in [-0.3, -0.25) is 0 Å². The van der Waals surface area contributed by atoms with Crippen molar-refractivity contribution in [2.45, 2.75) is 44.3 Å². The molecule has 110 valence electrons. The fraction of sp³-hybridized carbons (Fsp3) is 0.857. The van der Waals surface area contributed by atoms with Crippen molar-refractivity contribution in [2.24, 2.45) is 5.92 Å². The average molecular weight is 295 g/mol. The van der Waals surface area contributed by atoms with E-state index < -0.39 is 0 Å². The number of nitrogens with zero attached hydrogens (tertiary/aromatic N) is 3. The molecule has 1 aromatic heterocycles. The summed E-state index contributed by atoms with van der Waals surface area (Å²) in [5.74, 6) is 0.844. The Labute approximate surface area is 123 Å². The molecule has 0 bridgehead atoms. The molecule has 20 heavy (non-hydrogen) atoms. The molecule has 0 radical (unpaired) electrons.